The van der Waals surface area contributed by atoms with E-state index >= 15 is 0 Å². The Bertz CT molecular complexity index is 2940. The van der Waals surface area contributed by atoms with Crippen LogP contribution in [0.15, 0.2) is 84.9 Å². The minimum atomic E-state index is -0.694. The standard InChI is InChI=1S/C58H71N9O12/c1-5-28-76-31-24-61-57(73)41-17-19-45-44-18-16-40(34-47(44)49(48(45)35-41)38-79-58(74)62-23-25-65(37-53(71)59-3)26-33-78-39(2)68)51(69)15-10-29-77-32-27-67-56-46-13-8-9-14-50(46)66(54(72)20-22-60-52(70)21-30-75-4)36-42-11-6-7-12-43(42)55(56)63-64-67/h6-9,11-14,16-19,34-35,49H,5,10,15,20-33,36-38H2,1-4H3,(H,59,71)(H,60,70)(H,61,73)(H,62,74). The van der Waals surface area contributed by atoms with Crippen LogP contribution in [-0.2, 0) is 56.0 Å². The summed E-state index contributed by atoms with van der Waals surface area (Å²) in [4.78, 5) is 93.5. The van der Waals surface area contributed by atoms with Gasteiger partial charge in [0.1, 0.15) is 18.9 Å². The van der Waals surface area contributed by atoms with E-state index in [4.69, 9.17) is 23.7 Å². The van der Waals surface area contributed by atoms with Gasteiger partial charge in [-0.2, -0.15) is 0 Å². The molecule has 1 aromatic heterocycles. The van der Waals surface area contributed by atoms with Gasteiger partial charge in [0, 0.05) is 114 Å². The minimum Gasteiger partial charge on any atom is -0.465 e. The van der Waals surface area contributed by atoms with Crippen LogP contribution in [0.3, 0.4) is 0 Å². The highest BCUT2D eigenvalue weighted by Gasteiger charge is 2.33. The van der Waals surface area contributed by atoms with Crippen LogP contribution in [0.25, 0.3) is 33.6 Å². The van der Waals surface area contributed by atoms with Crippen molar-refractivity contribution in [3.63, 3.8) is 0 Å². The molecule has 1 aliphatic carbocycles. The first-order chi connectivity index (χ1) is 38.4. The quantitative estimate of drug-likeness (QED) is 0.0259. The SMILES string of the molecule is CCCOCCNC(=O)c1ccc2c(c1)C(COC(=O)NCCN(CCOC(C)=O)CC(=O)NC)c1cc(C(=O)CCCOCCn3nnc4c3-c3ccccc3N(C(=O)CCNC(=O)CCOC)Cc3ccccc3-4)ccc1-2. The first kappa shape index (κ1) is 58.8. The largest absolute Gasteiger partial charge is 0.465 e. The van der Waals surface area contributed by atoms with E-state index in [1.54, 1.807) is 32.7 Å². The van der Waals surface area contributed by atoms with E-state index in [1.807, 2.05) is 73.7 Å². The molecule has 2 aliphatic rings. The number of alkyl carbamates (subject to hydrolysis) is 1. The number of ketones is 1. The second-order valence-electron chi connectivity index (χ2n) is 19.0. The number of hydrogen-bond acceptors (Lipinski definition) is 15. The molecule has 4 aromatic carbocycles. The average molecular weight is 1090 g/mol. The lowest BCUT2D eigenvalue weighted by molar-refractivity contribution is -0.141. The van der Waals surface area contributed by atoms with Crippen molar-refractivity contribution in [2.45, 2.75) is 65.0 Å². The molecule has 0 spiro atoms. The van der Waals surface area contributed by atoms with Gasteiger partial charge in [-0.3, -0.25) is 33.7 Å². The molecule has 1 unspecified atom stereocenters. The van der Waals surface area contributed by atoms with Crippen molar-refractivity contribution in [1.29, 1.82) is 0 Å². The predicted molar refractivity (Wildman–Crippen MR) is 294 cm³/mol. The van der Waals surface area contributed by atoms with E-state index in [2.05, 4.69) is 31.6 Å². The Morgan fingerprint density at radius 1 is 0.696 bits per heavy atom. The van der Waals surface area contributed by atoms with Gasteiger partial charge in [-0.1, -0.05) is 72.8 Å². The molecule has 0 saturated heterocycles. The second-order valence-corrected chi connectivity index (χ2v) is 19.0. The third-order valence-corrected chi connectivity index (χ3v) is 13.5. The smallest absolute Gasteiger partial charge is 0.407 e. The fourth-order valence-electron chi connectivity index (χ4n) is 9.49. The Labute approximate surface area is 460 Å². The maximum atomic E-state index is 13.9. The van der Waals surface area contributed by atoms with Gasteiger partial charge in [0.05, 0.1) is 50.8 Å². The van der Waals surface area contributed by atoms with Crippen molar-refractivity contribution in [3.8, 4) is 33.6 Å². The number of para-hydroxylation sites is 1. The molecule has 1 atom stereocenters. The monoisotopic (exact) mass is 1090 g/mol. The highest BCUT2D eigenvalue weighted by atomic mass is 16.5. The third kappa shape index (κ3) is 16.1. The van der Waals surface area contributed by atoms with Gasteiger partial charge in [0.25, 0.3) is 5.91 Å². The maximum Gasteiger partial charge on any atom is 0.407 e. The van der Waals surface area contributed by atoms with Crippen LogP contribution in [0.5, 0.6) is 0 Å². The highest BCUT2D eigenvalue weighted by molar-refractivity contribution is 6.01. The van der Waals surface area contributed by atoms with Gasteiger partial charge in [0.2, 0.25) is 17.7 Å². The van der Waals surface area contributed by atoms with E-state index in [0.717, 1.165) is 51.1 Å². The summed E-state index contributed by atoms with van der Waals surface area (Å²) in [6, 6.07) is 26.4. The van der Waals surface area contributed by atoms with Crippen molar-refractivity contribution in [2.75, 3.05) is 105 Å². The van der Waals surface area contributed by atoms with Gasteiger partial charge >= 0.3 is 12.1 Å². The molecule has 0 fully saturated rings. The number of methoxy groups -OCH3 is 1. The highest BCUT2D eigenvalue weighted by Crippen LogP contribution is 2.46. The molecule has 21 nitrogen and oxygen atoms in total. The number of nitrogens with zero attached hydrogens (tertiary/aromatic N) is 5. The molecule has 7 rings (SSSR count). The molecule has 0 saturated carbocycles. The molecule has 79 heavy (non-hydrogen) atoms. The number of hydrogen-bond donors (Lipinski definition) is 4. The van der Waals surface area contributed by atoms with E-state index in [9.17, 15) is 33.6 Å². The molecule has 21 heteroatoms. The molecule has 5 aromatic rings. The normalized spacial score (nSPS) is 12.9. The number of rotatable bonds is 30. The summed E-state index contributed by atoms with van der Waals surface area (Å²) < 4.78 is 29.3. The number of carbonyl (C=O) groups excluding carboxylic acids is 7. The number of benzene rings is 4. The Morgan fingerprint density at radius 2 is 1.43 bits per heavy atom. The molecule has 4 N–H and O–H groups in total. The van der Waals surface area contributed by atoms with E-state index in [1.165, 1.54) is 21.1 Å². The number of nitrogens with one attached hydrogen (secondary N) is 4. The first-order valence-corrected chi connectivity index (χ1v) is 26.8. The van der Waals surface area contributed by atoms with Crippen LogP contribution >= 0.6 is 0 Å². The molecular formula is C58H71N9O12. The number of esters is 1. The van der Waals surface area contributed by atoms with Crippen LogP contribution in [0.1, 0.15) is 89.3 Å². The van der Waals surface area contributed by atoms with Crippen LogP contribution in [0.4, 0.5) is 10.5 Å². The zero-order chi connectivity index (χ0) is 56.1. The number of carbonyl (C=O) groups is 7. The van der Waals surface area contributed by atoms with Gasteiger partial charge in [-0.15, -0.1) is 5.10 Å². The number of Topliss-reactive ketones (excluding diaryl/α,β-unsaturated/α-hetero) is 1. The van der Waals surface area contributed by atoms with Crippen LogP contribution in [0, 0.1) is 0 Å². The summed E-state index contributed by atoms with van der Waals surface area (Å²) in [6.45, 7) is 7.01. The lowest BCUT2D eigenvalue weighted by atomic mass is 9.94. The number of aromatic nitrogens is 3. The molecule has 2 heterocycles. The number of anilines is 1. The van der Waals surface area contributed by atoms with Gasteiger partial charge in [-0.05, 0) is 64.9 Å². The number of amides is 5. The molecule has 0 radical (unpaired) electrons. The van der Waals surface area contributed by atoms with Gasteiger partial charge < -0.3 is 49.9 Å². The van der Waals surface area contributed by atoms with Crippen LogP contribution < -0.4 is 26.2 Å². The van der Waals surface area contributed by atoms with E-state index in [0.29, 0.717) is 75.0 Å². The maximum absolute atomic E-state index is 13.9. The summed E-state index contributed by atoms with van der Waals surface area (Å²) in [5, 5.41) is 20.2. The van der Waals surface area contributed by atoms with Gasteiger partial charge in [0.15, 0.2) is 5.78 Å². The van der Waals surface area contributed by atoms with Crippen LogP contribution in [-0.4, -0.2) is 161 Å². The van der Waals surface area contributed by atoms with E-state index < -0.39 is 18.0 Å². The lowest BCUT2D eigenvalue weighted by Gasteiger charge is -2.29. The molecule has 5 amide bonds. The van der Waals surface area contributed by atoms with Crippen molar-refractivity contribution in [3.05, 3.63) is 113 Å². The van der Waals surface area contributed by atoms with Crippen molar-refractivity contribution in [1.82, 2.24) is 41.2 Å². The Morgan fingerprint density at radius 3 is 2.19 bits per heavy atom. The summed E-state index contributed by atoms with van der Waals surface area (Å²) in [5.41, 5.74) is 8.80. The van der Waals surface area contributed by atoms with Crippen molar-refractivity contribution < 1.29 is 57.2 Å². The van der Waals surface area contributed by atoms with Crippen molar-refractivity contribution >= 4 is 47.2 Å². The summed E-state index contributed by atoms with van der Waals surface area (Å²) in [5.74, 6) is -1.89. The Hall–Kier alpha value is -7.85. The number of fused-ring (bicyclic) bond motifs is 8. The molecular weight excluding hydrogens is 1010 g/mol. The number of likely N-dealkylation sites (N-methyl/N-ethyl adjacent to an activating group) is 1. The summed E-state index contributed by atoms with van der Waals surface area (Å²) in [7, 11) is 3.05. The first-order valence-electron chi connectivity index (χ1n) is 26.8. The average Bonchev–Trinajstić information content (AvgIpc) is 4.08. The second kappa shape index (κ2) is 29.8. The van der Waals surface area contributed by atoms with Gasteiger partial charge in [-0.25, -0.2) is 9.48 Å². The summed E-state index contributed by atoms with van der Waals surface area (Å²) in [6.07, 6.45) is 1.11. The van der Waals surface area contributed by atoms with Crippen LogP contribution in [0.2, 0.25) is 0 Å². The zero-order valence-electron chi connectivity index (χ0n) is 45.4. The Balaban J connectivity index is 0.986. The molecule has 420 valence electrons. The minimum absolute atomic E-state index is 0.0336. The number of ether oxygens (including phenoxy) is 5. The third-order valence-electron chi connectivity index (χ3n) is 13.5. The molecule has 1 aliphatic heterocycles. The van der Waals surface area contributed by atoms with Crippen molar-refractivity contribution in [2.24, 2.45) is 0 Å². The Kier molecular flexibility index (Phi) is 22.2. The van der Waals surface area contributed by atoms with E-state index in [-0.39, 0.29) is 101 Å². The lowest BCUT2D eigenvalue weighted by Crippen LogP contribution is -2.42. The predicted octanol–water partition coefficient (Wildman–Crippen LogP) is 5.29. The zero-order valence-corrected chi connectivity index (χ0v) is 45.4. The fourth-order valence-corrected chi connectivity index (χ4v) is 9.49. The topological polar surface area (TPSA) is 251 Å². The summed E-state index contributed by atoms with van der Waals surface area (Å²) >= 11 is 0. The fraction of sp³-hybridized carbons (Fsp3) is 0.431. The molecule has 0 bridgehead atoms.